The number of nitrogens with zero attached hydrogens (tertiary/aromatic N) is 2. The zero-order valence-electron chi connectivity index (χ0n) is 6.05. The van der Waals surface area contributed by atoms with E-state index in [4.69, 9.17) is 0 Å². The average molecular weight is 135 g/mol. The molecule has 0 atom stereocenters. The summed E-state index contributed by atoms with van der Waals surface area (Å²) in [5, 5.41) is 3.04. The van der Waals surface area contributed by atoms with Crippen LogP contribution in [0.1, 0.15) is 5.56 Å². The lowest BCUT2D eigenvalue weighted by molar-refractivity contribution is 0.750. The highest BCUT2D eigenvalue weighted by molar-refractivity contribution is 5.72. The molecule has 1 N–H and O–H groups in total. The Hall–Kier alpha value is -1.25. The van der Waals surface area contributed by atoms with Gasteiger partial charge in [0.05, 0.1) is 0 Å². The SMILES string of the molecule is Cc1cnc2[nH]n(C)c2c1. The number of fused-ring (bicyclic) bond motifs is 1. The molecule has 3 nitrogen and oxygen atoms in total. The molecule has 0 aromatic carbocycles. The third kappa shape index (κ3) is 0.572. The monoisotopic (exact) mass is 135 g/mol. The molecule has 2 aromatic heterocycles. The van der Waals surface area contributed by atoms with E-state index in [1.54, 1.807) is 0 Å². The molecule has 0 saturated heterocycles. The summed E-state index contributed by atoms with van der Waals surface area (Å²) in [5.74, 6) is 0. The number of pyridine rings is 1. The van der Waals surface area contributed by atoms with E-state index in [1.165, 1.54) is 11.1 Å². The third-order valence-corrected chi connectivity index (χ3v) is 1.64. The van der Waals surface area contributed by atoms with E-state index in [0.29, 0.717) is 0 Å². The van der Waals surface area contributed by atoms with Crippen molar-refractivity contribution in [3.8, 4) is 0 Å². The number of aromatic nitrogens is 3. The Morgan fingerprint density at radius 3 is 3.00 bits per heavy atom. The van der Waals surface area contributed by atoms with E-state index in [1.807, 2.05) is 24.9 Å². The second-order valence-electron chi connectivity index (χ2n) is 2.55. The molecule has 0 unspecified atom stereocenters. The Morgan fingerprint density at radius 1 is 1.60 bits per heavy atom. The van der Waals surface area contributed by atoms with E-state index in [-0.39, 0.29) is 0 Å². The van der Waals surface area contributed by atoms with Gasteiger partial charge in [0.15, 0.2) is 5.65 Å². The van der Waals surface area contributed by atoms with Crippen molar-refractivity contribution >= 4 is 11.2 Å². The molecule has 2 heterocycles. The third-order valence-electron chi connectivity index (χ3n) is 1.64. The van der Waals surface area contributed by atoms with Gasteiger partial charge in [0.25, 0.3) is 0 Å². The standard InChI is InChI=1S/C7H9N3/c1-5-3-6-7(8-4-5)9-10(6)2/h3-4H,1-2H3,(H,8,9). The largest absolute Gasteiger partial charge is 0.286 e. The summed E-state index contributed by atoms with van der Waals surface area (Å²) in [6, 6.07) is 2.11. The van der Waals surface area contributed by atoms with Crippen LogP contribution in [0.25, 0.3) is 11.2 Å². The van der Waals surface area contributed by atoms with Crippen molar-refractivity contribution in [1.82, 2.24) is 14.8 Å². The first-order valence-electron chi connectivity index (χ1n) is 3.24. The first-order chi connectivity index (χ1) is 4.77. The molecular weight excluding hydrogens is 126 g/mol. The van der Waals surface area contributed by atoms with E-state index in [2.05, 4.69) is 16.1 Å². The van der Waals surface area contributed by atoms with Crippen LogP contribution in [0.3, 0.4) is 0 Å². The Labute approximate surface area is 58.7 Å². The summed E-state index contributed by atoms with van der Waals surface area (Å²) in [5.41, 5.74) is 3.36. The maximum absolute atomic E-state index is 4.16. The molecule has 10 heavy (non-hydrogen) atoms. The summed E-state index contributed by atoms with van der Waals surface area (Å²) in [7, 11) is 1.98. The van der Waals surface area contributed by atoms with Crippen molar-refractivity contribution < 1.29 is 0 Å². The Morgan fingerprint density at radius 2 is 2.40 bits per heavy atom. The van der Waals surface area contributed by atoms with E-state index in [0.717, 1.165) is 5.65 Å². The molecule has 0 fully saturated rings. The van der Waals surface area contributed by atoms with Gasteiger partial charge >= 0.3 is 0 Å². The van der Waals surface area contributed by atoms with Gasteiger partial charge in [0.1, 0.15) is 5.52 Å². The smallest absolute Gasteiger partial charge is 0.170 e. The lowest BCUT2D eigenvalue weighted by Gasteiger charge is -2.10. The van der Waals surface area contributed by atoms with Crippen molar-refractivity contribution in [2.24, 2.45) is 7.05 Å². The lowest BCUT2D eigenvalue weighted by atomic mass is 10.3. The maximum Gasteiger partial charge on any atom is 0.170 e. The molecule has 0 aliphatic carbocycles. The molecule has 2 rings (SSSR count). The van der Waals surface area contributed by atoms with Crippen LogP contribution in [-0.4, -0.2) is 14.8 Å². The number of nitrogens with one attached hydrogen (secondary N) is 1. The molecule has 0 amide bonds. The molecule has 3 heteroatoms. The summed E-state index contributed by atoms with van der Waals surface area (Å²) in [6.45, 7) is 2.04. The van der Waals surface area contributed by atoms with Gasteiger partial charge in [-0.05, 0) is 18.6 Å². The number of aromatic amines is 1. The minimum atomic E-state index is 0.980. The summed E-state index contributed by atoms with van der Waals surface area (Å²) < 4.78 is 1.95. The van der Waals surface area contributed by atoms with Crippen LogP contribution in [-0.2, 0) is 7.05 Å². The second-order valence-corrected chi connectivity index (χ2v) is 2.55. The van der Waals surface area contributed by atoms with Gasteiger partial charge in [-0.3, -0.25) is 9.78 Å². The molecule has 0 spiro atoms. The van der Waals surface area contributed by atoms with Gasteiger partial charge in [0.2, 0.25) is 0 Å². The fourth-order valence-electron chi connectivity index (χ4n) is 1.06. The molecule has 2 aromatic rings. The second kappa shape index (κ2) is 1.62. The van der Waals surface area contributed by atoms with Crippen molar-refractivity contribution in [3.05, 3.63) is 17.8 Å². The quantitative estimate of drug-likeness (QED) is 0.578. The van der Waals surface area contributed by atoms with Crippen molar-refractivity contribution in [2.45, 2.75) is 6.92 Å². The molecule has 0 bridgehead atoms. The van der Waals surface area contributed by atoms with Gasteiger partial charge in [-0.2, -0.15) is 0 Å². The highest BCUT2D eigenvalue weighted by Gasteiger charge is 2.00. The van der Waals surface area contributed by atoms with E-state index in [9.17, 15) is 0 Å². The van der Waals surface area contributed by atoms with Crippen LogP contribution in [0.15, 0.2) is 12.3 Å². The molecule has 0 aliphatic rings. The number of hydrogen-bond donors (Lipinski definition) is 1. The van der Waals surface area contributed by atoms with Crippen LogP contribution in [0, 0.1) is 6.92 Å². The van der Waals surface area contributed by atoms with Gasteiger partial charge in [-0.25, -0.2) is 4.98 Å². The van der Waals surface area contributed by atoms with Crippen LogP contribution in [0.2, 0.25) is 0 Å². The van der Waals surface area contributed by atoms with Gasteiger partial charge in [-0.15, -0.1) is 0 Å². The van der Waals surface area contributed by atoms with Crippen LogP contribution < -0.4 is 0 Å². The topological polar surface area (TPSA) is 33.6 Å². The molecule has 0 radical (unpaired) electrons. The Bertz CT molecular complexity index is 352. The molecular formula is C7H9N3. The van der Waals surface area contributed by atoms with Crippen molar-refractivity contribution in [3.63, 3.8) is 0 Å². The summed E-state index contributed by atoms with van der Waals surface area (Å²) in [6.07, 6.45) is 1.86. The number of rotatable bonds is 0. The first kappa shape index (κ1) is 5.53. The fourth-order valence-corrected chi connectivity index (χ4v) is 1.06. The van der Waals surface area contributed by atoms with Gasteiger partial charge < -0.3 is 0 Å². The minimum absolute atomic E-state index is 0.980. The zero-order chi connectivity index (χ0) is 7.14. The maximum atomic E-state index is 4.16. The van der Waals surface area contributed by atoms with E-state index >= 15 is 0 Å². The predicted molar refractivity (Wildman–Crippen MR) is 39.8 cm³/mol. The minimum Gasteiger partial charge on any atom is -0.286 e. The summed E-state index contributed by atoms with van der Waals surface area (Å²) in [4.78, 5) is 4.16. The van der Waals surface area contributed by atoms with Crippen LogP contribution in [0.4, 0.5) is 0 Å². The fraction of sp³-hybridized carbons (Fsp3) is 0.286. The van der Waals surface area contributed by atoms with Crippen LogP contribution in [0.5, 0.6) is 0 Å². The van der Waals surface area contributed by atoms with Crippen molar-refractivity contribution in [2.75, 3.05) is 0 Å². The molecule has 52 valence electrons. The Kier molecular flexibility index (Phi) is 0.897. The van der Waals surface area contributed by atoms with E-state index < -0.39 is 0 Å². The average Bonchev–Trinajstić information content (AvgIpc) is 1.92. The summed E-state index contributed by atoms with van der Waals surface area (Å²) >= 11 is 0. The predicted octanol–water partition coefficient (Wildman–Crippen LogP) is 1.21. The number of aryl methyl sites for hydroxylation is 2. The molecule has 0 saturated carbocycles. The number of hydrogen-bond acceptors (Lipinski definition) is 1. The van der Waals surface area contributed by atoms with Crippen molar-refractivity contribution in [1.29, 1.82) is 0 Å². The van der Waals surface area contributed by atoms with Gasteiger partial charge in [-0.1, -0.05) is 0 Å². The van der Waals surface area contributed by atoms with Gasteiger partial charge in [0, 0.05) is 13.2 Å². The Balaban J connectivity index is 2.75. The lowest BCUT2D eigenvalue weighted by Crippen LogP contribution is -2.06. The highest BCUT2D eigenvalue weighted by atomic mass is 15.3. The highest BCUT2D eigenvalue weighted by Crippen LogP contribution is 2.10. The zero-order valence-corrected chi connectivity index (χ0v) is 6.05. The van der Waals surface area contributed by atoms with Crippen LogP contribution >= 0.6 is 0 Å². The first-order valence-corrected chi connectivity index (χ1v) is 3.24. The normalized spacial score (nSPS) is 11.0. The molecule has 0 aliphatic heterocycles. The number of H-pyrrole nitrogens is 1.